The Morgan fingerprint density at radius 3 is 2.15 bits per heavy atom. The molecule has 0 spiro atoms. The van der Waals surface area contributed by atoms with Crippen LogP contribution in [0, 0.1) is 6.92 Å². The molecule has 1 rings (SSSR count). The third-order valence-corrected chi connectivity index (χ3v) is 3.74. The molecule has 3 nitrogen and oxygen atoms in total. The molecule has 0 aromatic heterocycles. The molecule has 4 heteroatoms. The third-order valence-electron chi connectivity index (χ3n) is 2.81. The maximum Gasteiger partial charge on any atom is 0.190 e. The van der Waals surface area contributed by atoms with Gasteiger partial charge in [-0.2, -0.15) is 0 Å². The molecule has 0 amide bonds. The molecule has 0 saturated carbocycles. The van der Waals surface area contributed by atoms with Gasteiger partial charge in [0.1, 0.15) is 0 Å². The summed E-state index contributed by atoms with van der Waals surface area (Å²) < 4.78 is 0. The number of rotatable bonds is 5. The summed E-state index contributed by atoms with van der Waals surface area (Å²) >= 11 is 0.843. The second-order valence-corrected chi connectivity index (χ2v) is 5.63. The topological polar surface area (TPSA) is 51.2 Å². The summed E-state index contributed by atoms with van der Waals surface area (Å²) in [5.74, 6) is -0.386. The molecule has 20 heavy (non-hydrogen) atoms. The van der Waals surface area contributed by atoms with Crippen molar-refractivity contribution >= 4 is 34.0 Å². The van der Waals surface area contributed by atoms with E-state index in [1.54, 1.807) is 13.0 Å². The molecule has 0 unspecified atom stereocenters. The van der Waals surface area contributed by atoms with Crippen molar-refractivity contribution in [3.05, 3.63) is 40.3 Å². The fraction of sp³-hybridized carbons (Fsp3) is 0.312. The molecule has 0 aliphatic carbocycles. The Hall–Kier alpha value is -1.68. The Balaban J connectivity index is 3.58. The first-order valence-corrected chi connectivity index (χ1v) is 7.23. The molecular formula is C16H18O3S. The van der Waals surface area contributed by atoms with E-state index in [1.165, 1.54) is 13.8 Å². The molecule has 0 radical (unpaired) electrons. The van der Waals surface area contributed by atoms with Crippen LogP contribution in [-0.4, -0.2) is 16.7 Å². The fourth-order valence-electron chi connectivity index (χ4n) is 1.88. The van der Waals surface area contributed by atoms with Crippen LogP contribution in [-0.2, 0) is 14.4 Å². The van der Waals surface area contributed by atoms with Crippen molar-refractivity contribution in [2.24, 2.45) is 0 Å². The van der Waals surface area contributed by atoms with Crippen LogP contribution < -0.4 is 0 Å². The molecule has 0 N–H and O–H groups in total. The lowest BCUT2D eigenvalue weighted by atomic mass is 9.96. The number of allylic oxidation sites excluding steroid dienone is 2. The summed E-state index contributed by atoms with van der Waals surface area (Å²) in [7, 11) is 0. The van der Waals surface area contributed by atoms with Gasteiger partial charge in [0.2, 0.25) is 0 Å². The Labute approximate surface area is 123 Å². The lowest BCUT2D eigenvalue weighted by molar-refractivity contribution is -0.115. The van der Waals surface area contributed by atoms with Gasteiger partial charge in [-0.3, -0.25) is 14.4 Å². The number of aryl methyl sites for hydroxylation is 1. The largest absolute Gasteiger partial charge is 0.294 e. The molecule has 0 fully saturated rings. The van der Waals surface area contributed by atoms with Gasteiger partial charge >= 0.3 is 0 Å². The van der Waals surface area contributed by atoms with Crippen LogP contribution in [0.4, 0.5) is 0 Å². The highest BCUT2D eigenvalue weighted by Crippen LogP contribution is 2.31. The maximum absolute atomic E-state index is 12.1. The number of thioether (sulfide) groups is 1. The van der Waals surface area contributed by atoms with E-state index in [4.69, 9.17) is 0 Å². The normalized spacial score (nSPS) is 11.8. The van der Waals surface area contributed by atoms with Crippen molar-refractivity contribution in [2.75, 3.05) is 0 Å². The minimum absolute atomic E-state index is 0.182. The highest BCUT2D eigenvalue weighted by molar-refractivity contribution is 8.17. The zero-order chi connectivity index (χ0) is 15.3. The Kier molecular flexibility index (Phi) is 5.89. The van der Waals surface area contributed by atoms with Crippen LogP contribution in [0.15, 0.2) is 29.2 Å². The summed E-state index contributed by atoms with van der Waals surface area (Å²) in [6.07, 6.45) is 0.262. The van der Waals surface area contributed by atoms with Crippen molar-refractivity contribution in [1.29, 1.82) is 0 Å². The van der Waals surface area contributed by atoms with Crippen molar-refractivity contribution in [3.63, 3.8) is 0 Å². The van der Waals surface area contributed by atoms with Gasteiger partial charge in [-0.15, -0.1) is 0 Å². The van der Waals surface area contributed by atoms with E-state index in [2.05, 4.69) is 0 Å². The van der Waals surface area contributed by atoms with Crippen molar-refractivity contribution in [1.82, 2.24) is 0 Å². The Bertz CT molecular complexity index is 585. The number of ketones is 2. The average Bonchev–Trinajstić information content (AvgIpc) is 2.38. The summed E-state index contributed by atoms with van der Waals surface area (Å²) in [6, 6.07) is 7.37. The smallest absolute Gasteiger partial charge is 0.190 e. The van der Waals surface area contributed by atoms with Gasteiger partial charge < -0.3 is 0 Å². The summed E-state index contributed by atoms with van der Waals surface area (Å²) in [5.41, 5.74) is 1.96. The number of hydrogen-bond acceptors (Lipinski definition) is 4. The molecular weight excluding hydrogens is 272 g/mol. The summed E-state index contributed by atoms with van der Waals surface area (Å²) in [5, 5.41) is -0.200. The molecule has 0 heterocycles. The molecule has 0 aliphatic heterocycles. The second-order valence-electron chi connectivity index (χ2n) is 4.45. The second kappa shape index (κ2) is 7.20. The van der Waals surface area contributed by atoms with Crippen LogP contribution in [0.3, 0.4) is 0 Å². The number of Topliss-reactive ketones (excluding diaryl/α,β-unsaturated/α-hetero) is 2. The SMILES string of the molecule is CCC(=O)/C(SC(C)=O)=C(/C(C)=O)c1ccccc1C. The predicted octanol–water partition coefficient (Wildman–Crippen LogP) is 3.55. The van der Waals surface area contributed by atoms with Crippen molar-refractivity contribution in [2.45, 2.75) is 34.1 Å². The lowest BCUT2D eigenvalue weighted by Gasteiger charge is -2.13. The first kappa shape index (κ1) is 16.4. The average molecular weight is 290 g/mol. The first-order chi connectivity index (χ1) is 9.38. The first-order valence-electron chi connectivity index (χ1n) is 6.41. The van der Waals surface area contributed by atoms with E-state index >= 15 is 0 Å². The highest BCUT2D eigenvalue weighted by Gasteiger charge is 2.22. The molecule has 106 valence electrons. The molecule has 0 saturated heterocycles. The van der Waals surface area contributed by atoms with Crippen LogP contribution in [0.2, 0.25) is 0 Å². The quantitative estimate of drug-likeness (QED) is 0.778. The lowest BCUT2D eigenvalue weighted by Crippen LogP contribution is -2.09. The van der Waals surface area contributed by atoms with E-state index in [-0.39, 0.29) is 28.0 Å². The highest BCUT2D eigenvalue weighted by atomic mass is 32.2. The Morgan fingerprint density at radius 1 is 1.10 bits per heavy atom. The van der Waals surface area contributed by atoms with Crippen molar-refractivity contribution < 1.29 is 14.4 Å². The van der Waals surface area contributed by atoms with Crippen molar-refractivity contribution in [3.8, 4) is 0 Å². The minimum Gasteiger partial charge on any atom is -0.294 e. The number of carbonyl (C=O) groups is 3. The molecule has 1 aromatic carbocycles. The van der Waals surface area contributed by atoms with E-state index in [9.17, 15) is 14.4 Å². The van der Waals surface area contributed by atoms with Crippen LogP contribution >= 0.6 is 11.8 Å². The zero-order valence-electron chi connectivity index (χ0n) is 12.1. The van der Waals surface area contributed by atoms with Gasteiger partial charge in [0.15, 0.2) is 16.7 Å². The van der Waals surface area contributed by atoms with Gasteiger partial charge in [-0.05, 0) is 36.7 Å². The molecule has 0 aliphatic rings. The predicted molar refractivity (Wildman–Crippen MR) is 82.4 cm³/mol. The number of benzene rings is 1. The Morgan fingerprint density at radius 2 is 1.70 bits per heavy atom. The summed E-state index contributed by atoms with van der Waals surface area (Å²) in [6.45, 7) is 6.41. The van der Waals surface area contributed by atoms with Gasteiger partial charge in [-0.1, -0.05) is 31.2 Å². The molecule has 1 aromatic rings. The van der Waals surface area contributed by atoms with E-state index in [1.807, 2.05) is 25.1 Å². The molecule has 0 bridgehead atoms. The van der Waals surface area contributed by atoms with E-state index in [0.717, 1.165) is 17.3 Å². The van der Waals surface area contributed by atoms with Crippen LogP contribution in [0.1, 0.15) is 38.3 Å². The fourth-order valence-corrected chi connectivity index (χ4v) is 2.78. The number of hydrogen-bond donors (Lipinski definition) is 0. The van der Waals surface area contributed by atoms with Gasteiger partial charge in [0.25, 0.3) is 0 Å². The van der Waals surface area contributed by atoms with Gasteiger partial charge in [0.05, 0.1) is 4.91 Å². The molecule has 0 atom stereocenters. The van der Waals surface area contributed by atoms with Gasteiger partial charge in [-0.25, -0.2) is 0 Å². The third kappa shape index (κ3) is 3.90. The van der Waals surface area contributed by atoms with Crippen LogP contribution in [0.5, 0.6) is 0 Å². The van der Waals surface area contributed by atoms with Gasteiger partial charge in [0, 0.05) is 18.9 Å². The summed E-state index contributed by atoms with van der Waals surface area (Å²) in [4.78, 5) is 35.7. The van der Waals surface area contributed by atoms with E-state index < -0.39 is 0 Å². The zero-order valence-corrected chi connectivity index (χ0v) is 13.0. The minimum atomic E-state index is -0.204. The van der Waals surface area contributed by atoms with E-state index in [0.29, 0.717) is 11.1 Å². The monoisotopic (exact) mass is 290 g/mol. The van der Waals surface area contributed by atoms with Crippen LogP contribution in [0.25, 0.3) is 5.57 Å². The maximum atomic E-state index is 12.1. The standard InChI is InChI=1S/C16H18O3S/c1-5-14(19)16(20-12(4)18)15(11(3)17)13-9-7-6-8-10(13)2/h6-9H,5H2,1-4H3/b16-15+. The number of carbonyl (C=O) groups excluding carboxylic acids is 3.